The van der Waals surface area contributed by atoms with Crippen molar-refractivity contribution in [1.29, 1.82) is 0 Å². The number of ether oxygens (including phenoxy) is 1. The third-order valence-corrected chi connectivity index (χ3v) is 3.83. The first kappa shape index (κ1) is 19.6. The van der Waals surface area contributed by atoms with Crippen LogP contribution in [0.4, 0.5) is 0 Å². The van der Waals surface area contributed by atoms with Crippen molar-refractivity contribution in [2.45, 2.75) is 39.0 Å². The van der Waals surface area contributed by atoms with Gasteiger partial charge in [0.25, 0.3) is 0 Å². The fourth-order valence-electron chi connectivity index (χ4n) is 1.98. The van der Waals surface area contributed by atoms with Gasteiger partial charge >= 0.3 is 0 Å². The molecule has 0 saturated carbocycles. The molecule has 20 heavy (non-hydrogen) atoms. The Morgan fingerprint density at radius 2 is 2.30 bits per heavy atom. The molecule has 0 aromatic carbocycles. The molecule has 1 fully saturated rings. The van der Waals surface area contributed by atoms with Gasteiger partial charge in [-0.1, -0.05) is 0 Å². The molecule has 1 aromatic heterocycles. The van der Waals surface area contributed by atoms with Crippen LogP contribution in [0, 0.1) is 6.92 Å². The van der Waals surface area contributed by atoms with Crippen LogP contribution in [-0.4, -0.2) is 36.2 Å². The van der Waals surface area contributed by atoms with E-state index in [1.165, 1.54) is 0 Å². The molecule has 2 N–H and O–H groups in total. The maximum absolute atomic E-state index is 12.1. The Bertz CT molecular complexity index is 431. The number of hydrogen-bond acceptors (Lipinski definition) is 5. The monoisotopic (exact) mass is 341 g/mol. The zero-order valence-electron chi connectivity index (χ0n) is 11.7. The molecule has 2 heterocycles. The molecule has 0 aliphatic carbocycles. The molecule has 0 radical (unpaired) electrons. The predicted molar refractivity (Wildman–Crippen MR) is 85.1 cm³/mol. The largest absolute Gasteiger partial charge is 0.375 e. The van der Waals surface area contributed by atoms with Gasteiger partial charge in [-0.2, -0.15) is 0 Å². The molecule has 3 atom stereocenters. The van der Waals surface area contributed by atoms with Crippen molar-refractivity contribution in [2.24, 2.45) is 0 Å². The minimum Gasteiger partial charge on any atom is -0.375 e. The summed E-state index contributed by atoms with van der Waals surface area (Å²) in [6.45, 7) is 7.19. The van der Waals surface area contributed by atoms with E-state index in [9.17, 15) is 4.79 Å². The lowest BCUT2D eigenvalue weighted by molar-refractivity contribution is -0.129. The van der Waals surface area contributed by atoms with Crippen molar-refractivity contribution in [3.05, 3.63) is 16.1 Å². The Morgan fingerprint density at radius 1 is 1.60 bits per heavy atom. The SMILES string of the molecule is Cc1nc(C(C)NC(=O)[C@H]2NCCO[C@@H]2C)cs1.Cl.Cl. The lowest BCUT2D eigenvalue weighted by Crippen LogP contribution is -2.55. The van der Waals surface area contributed by atoms with E-state index >= 15 is 0 Å². The number of morpholine rings is 1. The fraction of sp³-hybridized carbons (Fsp3) is 0.667. The molecule has 1 unspecified atom stereocenters. The van der Waals surface area contributed by atoms with Crippen LogP contribution in [0.3, 0.4) is 0 Å². The van der Waals surface area contributed by atoms with Crippen LogP contribution in [0.15, 0.2) is 5.38 Å². The number of aromatic nitrogens is 1. The van der Waals surface area contributed by atoms with Crippen LogP contribution in [-0.2, 0) is 9.53 Å². The van der Waals surface area contributed by atoms with Gasteiger partial charge in [0, 0.05) is 11.9 Å². The van der Waals surface area contributed by atoms with E-state index in [-0.39, 0.29) is 48.9 Å². The molecule has 2 rings (SSSR count). The van der Waals surface area contributed by atoms with Crippen molar-refractivity contribution in [2.75, 3.05) is 13.2 Å². The quantitative estimate of drug-likeness (QED) is 0.880. The van der Waals surface area contributed by atoms with E-state index in [0.29, 0.717) is 13.2 Å². The first-order valence-corrected chi connectivity index (χ1v) is 7.03. The molecule has 116 valence electrons. The van der Waals surface area contributed by atoms with Crippen LogP contribution in [0.1, 0.15) is 30.6 Å². The summed E-state index contributed by atoms with van der Waals surface area (Å²) in [6.07, 6.45) is -0.0943. The summed E-state index contributed by atoms with van der Waals surface area (Å²) < 4.78 is 5.47. The topological polar surface area (TPSA) is 63.2 Å². The van der Waals surface area contributed by atoms with E-state index in [2.05, 4.69) is 15.6 Å². The Morgan fingerprint density at radius 3 is 2.85 bits per heavy atom. The smallest absolute Gasteiger partial charge is 0.240 e. The zero-order chi connectivity index (χ0) is 13.1. The highest BCUT2D eigenvalue weighted by Crippen LogP contribution is 2.16. The number of nitrogens with one attached hydrogen (secondary N) is 2. The fourth-order valence-corrected chi connectivity index (χ4v) is 2.69. The van der Waals surface area contributed by atoms with Gasteiger partial charge in [0.05, 0.1) is 29.5 Å². The van der Waals surface area contributed by atoms with Gasteiger partial charge in [-0.05, 0) is 20.8 Å². The number of rotatable bonds is 3. The summed E-state index contributed by atoms with van der Waals surface area (Å²) >= 11 is 1.59. The number of hydrogen-bond donors (Lipinski definition) is 2. The molecule has 5 nitrogen and oxygen atoms in total. The Kier molecular flexibility index (Phi) is 8.62. The first-order chi connectivity index (χ1) is 8.58. The zero-order valence-corrected chi connectivity index (χ0v) is 14.2. The molecular weight excluding hydrogens is 321 g/mol. The van der Waals surface area contributed by atoms with E-state index in [1.807, 2.05) is 26.2 Å². The minimum absolute atomic E-state index is 0. The van der Waals surface area contributed by atoms with E-state index in [0.717, 1.165) is 10.7 Å². The van der Waals surface area contributed by atoms with Crippen LogP contribution in [0.5, 0.6) is 0 Å². The van der Waals surface area contributed by atoms with E-state index < -0.39 is 0 Å². The molecule has 0 bridgehead atoms. The summed E-state index contributed by atoms with van der Waals surface area (Å²) in [7, 11) is 0. The number of thiazole rings is 1. The highest BCUT2D eigenvalue weighted by Gasteiger charge is 2.29. The van der Waals surface area contributed by atoms with Gasteiger partial charge < -0.3 is 15.4 Å². The van der Waals surface area contributed by atoms with Gasteiger partial charge in [0.15, 0.2) is 0 Å². The van der Waals surface area contributed by atoms with Crippen molar-refractivity contribution in [3.8, 4) is 0 Å². The number of aryl methyl sites for hydroxylation is 1. The highest BCUT2D eigenvalue weighted by molar-refractivity contribution is 7.09. The summed E-state index contributed by atoms with van der Waals surface area (Å²) in [4.78, 5) is 16.5. The van der Waals surface area contributed by atoms with Crippen molar-refractivity contribution in [1.82, 2.24) is 15.6 Å². The Hall–Kier alpha value is -0.400. The summed E-state index contributed by atoms with van der Waals surface area (Å²) in [5, 5.41) is 9.14. The summed E-state index contributed by atoms with van der Waals surface area (Å²) in [5.41, 5.74) is 0.912. The second kappa shape index (κ2) is 8.79. The number of carbonyl (C=O) groups excluding carboxylic acids is 1. The van der Waals surface area contributed by atoms with E-state index in [1.54, 1.807) is 11.3 Å². The van der Waals surface area contributed by atoms with Crippen molar-refractivity contribution in [3.63, 3.8) is 0 Å². The number of amides is 1. The predicted octanol–water partition coefficient (Wildman–Crippen LogP) is 1.85. The van der Waals surface area contributed by atoms with Crippen LogP contribution in [0.2, 0.25) is 0 Å². The van der Waals surface area contributed by atoms with Gasteiger partial charge in [-0.15, -0.1) is 36.2 Å². The van der Waals surface area contributed by atoms with Gasteiger partial charge in [-0.25, -0.2) is 4.98 Å². The minimum atomic E-state index is -0.277. The van der Waals surface area contributed by atoms with Gasteiger partial charge in [-0.3, -0.25) is 4.79 Å². The third-order valence-electron chi connectivity index (χ3n) is 3.04. The number of carbonyl (C=O) groups is 1. The number of halogens is 2. The molecule has 1 saturated heterocycles. The van der Waals surface area contributed by atoms with Crippen LogP contribution < -0.4 is 10.6 Å². The Balaban J connectivity index is 0.00000180. The van der Waals surface area contributed by atoms with Gasteiger partial charge in [0.2, 0.25) is 5.91 Å². The molecule has 1 aliphatic heterocycles. The standard InChI is InChI=1S/C12H19N3O2S.2ClH/c1-7(10-6-18-9(3)15-10)14-12(16)11-8(2)17-5-4-13-11;;/h6-8,11,13H,4-5H2,1-3H3,(H,14,16);2*1H/t7?,8-,11+;;/m1../s1. The van der Waals surface area contributed by atoms with Crippen molar-refractivity contribution >= 4 is 42.1 Å². The molecule has 8 heteroatoms. The molecular formula is C12H21Cl2N3O2S. The lowest BCUT2D eigenvalue weighted by atomic mass is 10.1. The second-order valence-corrected chi connectivity index (χ2v) is 5.59. The average molecular weight is 342 g/mol. The first-order valence-electron chi connectivity index (χ1n) is 6.15. The van der Waals surface area contributed by atoms with Gasteiger partial charge in [0.1, 0.15) is 6.04 Å². The maximum Gasteiger partial charge on any atom is 0.240 e. The third kappa shape index (κ3) is 4.86. The average Bonchev–Trinajstić information content (AvgIpc) is 2.76. The molecule has 1 aliphatic rings. The number of nitrogens with zero attached hydrogens (tertiary/aromatic N) is 1. The molecule has 1 aromatic rings. The highest BCUT2D eigenvalue weighted by atomic mass is 35.5. The van der Waals surface area contributed by atoms with E-state index in [4.69, 9.17) is 4.74 Å². The normalized spacial score (nSPS) is 23.1. The summed E-state index contributed by atoms with van der Waals surface area (Å²) in [5.74, 6) is -0.0275. The Labute approximate surface area is 135 Å². The molecule has 0 spiro atoms. The second-order valence-electron chi connectivity index (χ2n) is 4.53. The van der Waals surface area contributed by atoms with Crippen LogP contribution >= 0.6 is 36.2 Å². The van der Waals surface area contributed by atoms with Crippen LogP contribution in [0.25, 0.3) is 0 Å². The van der Waals surface area contributed by atoms with Crippen molar-refractivity contribution < 1.29 is 9.53 Å². The maximum atomic E-state index is 12.1. The lowest BCUT2D eigenvalue weighted by Gasteiger charge is -2.30. The molecule has 1 amide bonds. The summed E-state index contributed by atoms with van der Waals surface area (Å²) in [6, 6.07) is -0.348.